The fourth-order valence-corrected chi connectivity index (χ4v) is 5.59. The van der Waals surface area contributed by atoms with Crippen molar-refractivity contribution in [3.8, 4) is 0 Å². The lowest BCUT2D eigenvalue weighted by Gasteiger charge is -2.46. The molecule has 0 N–H and O–H groups in total. The number of halogens is 2. The molecular formula is C28H27F2NO. The zero-order chi connectivity index (χ0) is 21.9. The Morgan fingerprint density at radius 1 is 0.688 bits per heavy atom. The smallest absolute Gasteiger partial charge is 0.142 e. The van der Waals surface area contributed by atoms with E-state index in [1.165, 1.54) is 0 Å². The van der Waals surface area contributed by atoms with Crippen LogP contribution in [0.15, 0.2) is 84.0 Å². The minimum absolute atomic E-state index is 0.221. The number of hydrogen-bond donors (Lipinski definition) is 0. The van der Waals surface area contributed by atoms with Crippen molar-refractivity contribution >= 4 is 5.71 Å². The molecule has 2 aliphatic rings. The predicted molar refractivity (Wildman–Crippen MR) is 122 cm³/mol. The van der Waals surface area contributed by atoms with Gasteiger partial charge >= 0.3 is 0 Å². The Kier molecular flexibility index (Phi) is 6.02. The first-order valence-corrected chi connectivity index (χ1v) is 11.4. The van der Waals surface area contributed by atoms with E-state index >= 15 is 0 Å². The van der Waals surface area contributed by atoms with Gasteiger partial charge in [0.25, 0.3) is 0 Å². The summed E-state index contributed by atoms with van der Waals surface area (Å²) in [5.41, 5.74) is 4.48. The summed E-state index contributed by atoms with van der Waals surface area (Å²) in [6.07, 6.45) is 4.19. The van der Waals surface area contributed by atoms with E-state index < -0.39 is 0 Å². The van der Waals surface area contributed by atoms with E-state index in [2.05, 4.69) is 0 Å². The zero-order valence-electron chi connectivity index (χ0n) is 18.0. The van der Waals surface area contributed by atoms with Crippen LogP contribution in [-0.2, 0) is 11.4 Å². The van der Waals surface area contributed by atoms with Gasteiger partial charge in [-0.3, -0.25) is 0 Å². The molecule has 2 aliphatic carbocycles. The van der Waals surface area contributed by atoms with Crippen molar-refractivity contribution in [1.82, 2.24) is 0 Å². The van der Waals surface area contributed by atoms with Crippen LogP contribution in [0.25, 0.3) is 0 Å². The topological polar surface area (TPSA) is 21.6 Å². The Morgan fingerprint density at radius 2 is 1.22 bits per heavy atom. The first-order chi connectivity index (χ1) is 15.7. The van der Waals surface area contributed by atoms with E-state index in [-0.39, 0.29) is 35.3 Å². The van der Waals surface area contributed by atoms with Crippen molar-refractivity contribution in [3.63, 3.8) is 0 Å². The van der Waals surface area contributed by atoms with Crippen LogP contribution in [0.5, 0.6) is 0 Å². The summed E-state index contributed by atoms with van der Waals surface area (Å²) in [4.78, 5) is 5.87. The van der Waals surface area contributed by atoms with Gasteiger partial charge in [0.2, 0.25) is 0 Å². The Labute approximate surface area is 187 Å². The second kappa shape index (κ2) is 9.23. The largest absolute Gasteiger partial charge is 0.391 e. The van der Waals surface area contributed by atoms with E-state index in [0.29, 0.717) is 6.61 Å². The van der Waals surface area contributed by atoms with E-state index in [4.69, 9.17) is 9.99 Å². The molecule has 4 atom stereocenters. The highest BCUT2D eigenvalue weighted by atomic mass is 19.1. The van der Waals surface area contributed by atoms with Crippen molar-refractivity contribution in [2.45, 2.75) is 44.1 Å². The van der Waals surface area contributed by atoms with Crippen LogP contribution in [0.1, 0.15) is 54.2 Å². The predicted octanol–water partition coefficient (Wildman–Crippen LogP) is 7.23. The normalized spacial score (nSPS) is 24.8. The van der Waals surface area contributed by atoms with Crippen molar-refractivity contribution in [2.75, 3.05) is 0 Å². The third kappa shape index (κ3) is 4.32. The van der Waals surface area contributed by atoms with Crippen LogP contribution in [0, 0.1) is 23.5 Å². The van der Waals surface area contributed by atoms with Gasteiger partial charge in [0.1, 0.15) is 18.2 Å². The quantitative estimate of drug-likeness (QED) is 0.391. The molecule has 164 valence electrons. The van der Waals surface area contributed by atoms with Crippen molar-refractivity contribution in [2.24, 2.45) is 17.0 Å². The third-order valence-corrected chi connectivity index (χ3v) is 7.11. The summed E-state index contributed by atoms with van der Waals surface area (Å²) in [5.74, 6) is 0.600. The number of nitrogens with zero attached hydrogens (tertiary/aromatic N) is 1. The first kappa shape index (κ1) is 20.9. The standard InChI is InChI=1S/C28H27F2NO/c29-22-13-9-20(10-14-22)26-17-27(21-11-15-23(30)16-12-21)25-8-4-7-24(26)28(25)31-32-18-19-5-2-1-3-6-19/h1-3,5-6,9-16,24-27H,4,7-8,17-18H2. The van der Waals surface area contributed by atoms with Crippen LogP contribution in [0.4, 0.5) is 8.78 Å². The highest BCUT2D eigenvalue weighted by Crippen LogP contribution is 2.52. The van der Waals surface area contributed by atoms with Crippen LogP contribution in [-0.4, -0.2) is 5.71 Å². The average Bonchev–Trinajstić information content (AvgIpc) is 2.82. The maximum atomic E-state index is 13.6. The molecule has 0 amide bonds. The molecule has 0 saturated heterocycles. The molecule has 0 aromatic heterocycles. The Morgan fingerprint density at radius 3 is 1.75 bits per heavy atom. The summed E-state index contributed by atoms with van der Waals surface area (Å²) in [5, 5.41) is 4.72. The minimum Gasteiger partial charge on any atom is -0.391 e. The fourth-order valence-electron chi connectivity index (χ4n) is 5.59. The number of hydrogen-bond acceptors (Lipinski definition) is 2. The summed E-state index contributed by atoms with van der Waals surface area (Å²) < 4.78 is 27.2. The fraction of sp³-hybridized carbons (Fsp3) is 0.321. The van der Waals surface area contributed by atoms with Gasteiger partial charge in [-0.1, -0.05) is 66.2 Å². The van der Waals surface area contributed by atoms with Crippen molar-refractivity contribution in [1.29, 1.82) is 0 Å². The summed E-state index contributed by atoms with van der Waals surface area (Å²) in [6, 6.07) is 23.8. The van der Waals surface area contributed by atoms with Crippen LogP contribution in [0.3, 0.4) is 0 Å². The summed E-state index contributed by atoms with van der Waals surface area (Å²) >= 11 is 0. The lowest BCUT2D eigenvalue weighted by molar-refractivity contribution is 0.120. The summed E-state index contributed by atoms with van der Waals surface area (Å²) in [6.45, 7) is 0.437. The van der Waals surface area contributed by atoms with E-state index in [9.17, 15) is 8.78 Å². The molecule has 4 heteroatoms. The third-order valence-electron chi connectivity index (χ3n) is 7.11. The number of oxime groups is 1. The highest BCUT2D eigenvalue weighted by molar-refractivity contribution is 5.92. The van der Waals surface area contributed by atoms with Gasteiger partial charge in [0.15, 0.2) is 0 Å². The number of rotatable bonds is 5. The maximum Gasteiger partial charge on any atom is 0.142 e. The Balaban J connectivity index is 1.49. The Hall–Kier alpha value is -3.01. The first-order valence-electron chi connectivity index (χ1n) is 11.4. The van der Waals surface area contributed by atoms with Crippen LogP contribution >= 0.6 is 0 Å². The van der Waals surface area contributed by atoms with E-state index in [0.717, 1.165) is 48.1 Å². The minimum atomic E-state index is -0.221. The molecule has 3 aromatic rings. The molecular weight excluding hydrogens is 404 g/mol. The van der Waals surface area contributed by atoms with Gasteiger partial charge in [-0.05, 0) is 72.1 Å². The zero-order valence-corrected chi connectivity index (χ0v) is 18.0. The van der Waals surface area contributed by atoms with Gasteiger partial charge in [-0.2, -0.15) is 0 Å². The summed E-state index contributed by atoms with van der Waals surface area (Å²) in [7, 11) is 0. The second-order valence-corrected chi connectivity index (χ2v) is 8.97. The van der Waals surface area contributed by atoms with Crippen molar-refractivity contribution < 1.29 is 13.6 Å². The molecule has 0 heterocycles. The van der Waals surface area contributed by atoms with Crippen molar-refractivity contribution in [3.05, 3.63) is 107 Å². The SMILES string of the molecule is Fc1ccc(C2CC(c3ccc(F)cc3)C3CCCC2C3=NOCc2ccccc2)cc1. The van der Waals surface area contributed by atoms with E-state index in [1.807, 2.05) is 54.6 Å². The Bertz CT molecular complexity index is 1000. The van der Waals surface area contributed by atoms with Crippen LogP contribution in [0.2, 0.25) is 0 Å². The van der Waals surface area contributed by atoms with Gasteiger partial charge < -0.3 is 4.84 Å². The molecule has 2 fully saturated rings. The molecule has 3 aromatic carbocycles. The molecule has 32 heavy (non-hydrogen) atoms. The lowest BCUT2D eigenvalue weighted by Crippen LogP contribution is -2.42. The maximum absolute atomic E-state index is 13.6. The molecule has 4 unspecified atom stereocenters. The highest BCUT2D eigenvalue weighted by Gasteiger charge is 2.45. The van der Waals surface area contributed by atoms with Gasteiger partial charge in [-0.15, -0.1) is 0 Å². The molecule has 2 saturated carbocycles. The number of fused-ring (bicyclic) bond motifs is 2. The van der Waals surface area contributed by atoms with Gasteiger partial charge in [0.05, 0.1) is 5.71 Å². The molecule has 2 nitrogen and oxygen atoms in total. The molecule has 5 rings (SSSR count). The molecule has 0 radical (unpaired) electrons. The molecule has 2 bridgehead atoms. The number of benzene rings is 3. The average molecular weight is 432 g/mol. The second-order valence-electron chi connectivity index (χ2n) is 8.97. The molecule has 0 spiro atoms. The van der Waals surface area contributed by atoms with Gasteiger partial charge in [-0.25, -0.2) is 8.78 Å². The van der Waals surface area contributed by atoms with Crippen LogP contribution < -0.4 is 0 Å². The van der Waals surface area contributed by atoms with E-state index in [1.54, 1.807) is 24.3 Å². The monoisotopic (exact) mass is 431 g/mol. The van der Waals surface area contributed by atoms with Gasteiger partial charge in [0, 0.05) is 11.8 Å². The lowest BCUT2D eigenvalue weighted by atomic mass is 9.58. The molecule has 0 aliphatic heterocycles.